The maximum atomic E-state index is 13.5. The highest BCUT2D eigenvalue weighted by Gasteiger charge is 2.25. The molecule has 1 amide bonds. The number of ether oxygens (including phenoxy) is 1. The highest BCUT2D eigenvalue weighted by molar-refractivity contribution is 6.04. The normalized spacial score (nSPS) is 14.6. The molecular weight excluding hydrogens is 452 g/mol. The van der Waals surface area contributed by atoms with E-state index in [1.54, 1.807) is 19.2 Å². The van der Waals surface area contributed by atoms with Crippen molar-refractivity contribution in [3.8, 4) is 5.75 Å². The second-order valence-corrected chi connectivity index (χ2v) is 9.08. The van der Waals surface area contributed by atoms with Crippen LogP contribution in [0.2, 0.25) is 0 Å². The van der Waals surface area contributed by atoms with Crippen molar-refractivity contribution in [2.75, 3.05) is 26.7 Å². The Morgan fingerprint density at radius 2 is 1.61 bits per heavy atom. The van der Waals surface area contributed by atoms with Gasteiger partial charge in [-0.2, -0.15) is 5.10 Å². The molecule has 1 aliphatic heterocycles. The molecule has 3 aromatic carbocycles. The second kappa shape index (κ2) is 10.7. The summed E-state index contributed by atoms with van der Waals surface area (Å²) in [5, 5.41) is 8.69. The first kappa shape index (κ1) is 23.8. The van der Waals surface area contributed by atoms with Crippen molar-refractivity contribution in [1.82, 2.24) is 20.0 Å². The van der Waals surface area contributed by atoms with E-state index in [2.05, 4.69) is 27.4 Å². The molecule has 1 aliphatic rings. The van der Waals surface area contributed by atoms with Crippen LogP contribution in [-0.2, 0) is 6.54 Å². The Hall–Kier alpha value is -3.97. The first-order valence-electron chi connectivity index (χ1n) is 12.3. The molecule has 1 atom stereocenters. The molecule has 0 saturated carbocycles. The third kappa shape index (κ3) is 5.02. The molecule has 5 rings (SSSR count). The molecule has 1 aromatic heterocycles. The van der Waals surface area contributed by atoms with Crippen molar-refractivity contribution in [3.05, 3.63) is 106 Å². The number of hydrogen-bond donors (Lipinski definition) is 1. The molecular formula is C29H30N4O3. The van der Waals surface area contributed by atoms with Gasteiger partial charge in [-0.05, 0) is 55.3 Å². The van der Waals surface area contributed by atoms with Gasteiger partial charge in [-0.3, -0.25) is 14.5 Å². The average molecular weight is 483 g/mol. The highest BCUT2D eigenvalue weighted by Crippen LogP contribution is 2.26. The number of benzene rings is 3. The number of fused-ring (bicyclic) bond motifs is 1. The molecule has 1 saturated heterocycles. The molecule has 0 spiro atoms. The number of amides is 1. The van der Waals surface area contributed by atoms with Crippen LogP contribution in [0.5, 0.6) is 5.75 Å². The molecule has 0 radical (unpaired) electrons. The first-order chi connectivity index (χ1) is 17.6. The van der Waals surface area contributed by atoms with Crippen molar-refractivity contribution >= 4 is 16.7 Å². The standard InChI is InChI=1S/C29H30N4O3/c1-36-23-15-13-22(14-16-23)26(32-17-7-8-18-32)19-30-28(34)27-24-11-5-6-12-25(24)29(35)33(31-27)20-21-9-3-2-4-10-21/h2-6,9-16,26H,7-8,17-20H2,1H3,(H,30,34)/t26-/m0/s1. The zero-order chi connectivity index (χ0) is 24.9. The van der Waals surface area contributed by atoms with E-state index in [1.165, 1.54) is 4.68 Å². The molecule has 7 nitrogen and oxygen atoms in total. The summed E-state index contributed by atoms with van der Waals surface area (Å²) in [5.74, 6) is 0.519. The number of likely N-dealkylation sites (tertiary alicyclic amines) is 1. The van der Waals surface area contributed by atoms with Gasteiger partial charge in [0, 0.05) is 11.9 Å². The van der Waals surface area contributed by atoms with E-state index in [0.717, 1.165) is 42.8 Å². The van der Waals surface area contributed by atoms with E-state index in [0.29, 0.717) is 23.9 Å². The SMILES string of the molecule is COc1ccc([C@H](CNC(=O)c2nn(Cc3ccccc3)c(=O)c3ccccc23)N2CCCC2)cc1. The summed E-state index contributed by atoms with van der Waals surface area (Å²) >= 11 is 0. The minimum absolute atomic E-state index is 0.0452. The Bertz CT molecular complexity index is 1390. The number of hydrogen-bond acceptors (Lipinski definition) is 5. The average Bonchev–Trinajstić information content (AvgIpc) is 3.46. The quantitative estimate of drug-likeness (QED) is 0.411. The maximum Gasteiger partial charge on any atom is 0.274 e. The van der Waals surface area contributed by atoms with Crippen molar-refractivity contribution in [3.63, 3.8) is 0 Å². The second-order valence-electron chi connectivity index (χ2n) is 9.08. The molecule has 1 N–H and O–H groups in total. The minimum atomic E-state index is -0.286. The maximum absolute atomic E-state index is 13.5. The number of nitrogens with one attached hydrogen (secondary N) is 1. The third-order valence-corrected chi connectivity index (χ3v) is 6.80. The monoisotopic (exact) mass is 482 g/mol. The first-order valence-corrected chi connectivity index (χ1v) is 12.3. The fourth-order valence-corrected chi connectivity index (χ4v) is 4.88. The lowest BCUT2D eigenvalue weighted by atomic mass is 10.0. The number of carbonyl (C=O) groups is 1. The van der Waals surface area contributed by atoms with E-state index in [4.69, 9.17) is 4.74 Å². The summed E-state index contributed by atoms with van der Waals surface area (Å²) in [6.45, 7) is 2.73. The van der Waals surface area contributed by atoms with Gasteiger partial charge in [0.1, 0.15) is 5.75 Å². The number of rotatable bonds is 8. The Morgan fingerprint density at radius 1 is 0.944 bits per heavy atom. The molecule has 1 fully saturated rings. The van der Waals surface area contributed by atoms with Gasteiger partial charge in [-0.15, -0.1) is 0 Å². The van der Waals surface area contributed by atoms with Crippen molar-refractivity contribution in [2.24, 2.45) is 0 Å². The minimum Gasteiger partial charge on any atom is -0.497 e. The van der Waals surface area contributed by atoms with Crippen LogP contribution < -0.4 is 15.6 Å². The fraction of sp³-hybridized carbons (Fsp3) is 0.276. The van der Waals surface area contributed by atoms with Crippen LogP contribution in [0.4, 0.5) is 0 Å². The van der Waals surface area contributed by atoms with Crippen LogP contribution in [0.25, 0.3) is 10.8 Å². The lowest BCUT2D eigenvalue weighted by Crippen LogP contribution is -2.38. The van der Waals surface area contributed by atoms with Gasteiger partial charge >= 0.3 is 0 Å². The third-order valence-electron chi connectivity index (χ3n) is 6.80. The van der Waals surface area contributed by atoms with Gasteiger partial charge in [-0.1, -0.05) is 60.7 Å². The largest absolute Gasteiger partial charge is 0.497 e. The summed E-state index contributed by atoms with van der Waals surface area (Å²) < 4.78 is 6.70. The van der Waals surface area contributed by atoms with E-state index in [-0.39, 0.29) is 23.2 Å². The predicted molar refractivity (Wildman–Crippen MR) is 140 cm³/mol. The Kier molecular flexibility index (Phi) is 7.09. The Morgan fingerprint density at radius 3 is 2.31 bits per heavy atom. The van der Waals surface area contributed by atoms with Crippen LogP contribution >= 0.6 is 0 Å². The topological polar surface area (TPSA) is 76.5 Å². The molecule has 0 unspecified atom stereocenters. The number of nitrogens with zero attached hydrogens (tertiary/aromatic N) is 3. The Balaban J connectivity index is 1.44. The summed E-state index contributed by atoms with van der Waals surface area (Å²) in [6.07, 6.45) is 2.30. The van der Waals surface area contributed by atoms with E-state index < -0.39 is 0 Å². The number of carbonyl (C=O) groups excluding carboxylic acids is 1. The molecule has 4 aromatic rings. The van der Waals surface area contributed by atoms with E-state index in [9.17, 15) is 9.59 Å². The van der Waals surface area contributed by atoms with Gasteiger partial charge in [0.25, 0.3) is 11.5 Å². The van der Waals surface area contributed by atoms with Gasteiger partial charge in [-0.25, -0.2) is 4.68 Å². The van der Waals surface area contributed by atoms with Gasteiger partial charge in [0.15, 0.2) is 5.69 Å². The summed E-state index contributed by atoms with van der Waals surface area (Å²) in [7, 11) is 1.65. The summed E-state index contributed by atoms with van der Waals surface area (Å²) in [4.78, 5) is 29.0. The number of methoxy groups -OCH3 is 1. The van der Waals surface area contributed by atoms with Crippen molar-refractivity contribution in [2.45, 2.75) is 25.4 Å². The predicted octanol–water partition coefficient (Wildman–Crippen LogP) is 4.02. The highest BCUT2D eigenvalue weighted by atomic mass is 16.5. The van der Waals surface area contributed by atoms with E-state index >= 15 is 0 Å². The van der Waals surface area contributed by atoms with Crippen LogP contribution in [0, 0.1) is 0 Å². The van der Waals surface area contributed by atoms with Crippen LogP contribution in [0.1, 0.15) is 40.5 Å². The lowest BCUT2D eigenvalue weighted by molar-refractivity contribution is 0.0932. The lowest BCUT2D eigenvalue weighted by Gasteiger charge is -2.28. The van der Waals surface area contributed by atoms with Gasteiger partial charge < -0.3 is 10.1 Å². The summed E-state index contributed by atoms with van der Waals surface area (Å²) in [5.41, 5.74) is 2.13. The van der Waals surface area contributed by atoms with Gasteiger partial charge in [0.2, 0.25) is 0 Å². The fourth-order valence-electron chi connectivity index (χ4n) is 4.88. The van der Waals surface area contributed by atoms with E-state index in [1.807, 2.05) is 54.6 Å². The molecule has 2 heterocycles. The molecule has 184 valence electrons. The van der Waals surface area contributed by atoms with Crippen LogP contribution in [0.3, 0.4) is 0 Å². The molecule has 7 heteroatoms. The van der Waals surface area contributed by atoms with Gasteiger partial charge in [0.05, 0.1) is 25.1 Å². The zero-order valence-electron chi connectivity index (χ0n) is 20.4. The van der Waals surface area contributed by atoms with Crippen LogP contribution in [-0.4, -0.2) is 47.3 Å². The van der Waals surface area contributed by atoms with Crippen molar-refractivity contribution in [1.29, 1.82) is 0 Å². The molecule has 0 aliphatic carbocycles. The van der Waals surface area contributed by atoms with Crippen LogP contribution in [0.15, 0.2) is 83.7 Å². The summed E-state index contributed by atoms with van der Waals surface area (Å²) in [6, 6.07) is 24.9. The zero-order valence-corrected chi connectivity index (χ0v) is 20.4. The Labute approximate surface area is 210 Å². The van der Waals surface area contributed by atoms with Crippen molar-refractivity contribution < 1.29 is 9.53 Å². The molecule has 0 bridgehead atoms. The smallest absolute Gasteiger partial charge is 0.274 e. The molecule has 36 heavy (non-hydrogen) atoms. The number of aromatic nitrogens is 2.